The van der Waals surface area contributed by atoms with E-state index in [9.17, 15) is 29.1 Å². The summed E-state index contributed by atoms with van der Waals surface area (Å²) in [6.07, 6.45) is 3.90. The van der Waals surface area contributed by atoms with Crippen molar-refractivity contribution in [1.29, 1.82) is 0 Å². The van der Waals surface area contributed by atoms with Crippen LogP contribution in [0.3, 0.4) is 0 Å². The normalized spacial score (nSPS) is 15.1. The van der Waals surface area contributed by atoms with Crippen LogP contribution in [0.4, 0.5) is 0 Å². The Morgan fingerprint density at radius 3 is 2.22 bits per heavy atom. The minimum absolute atomic E-state index is 0.0441. The number of H-pyrrole nitrogens is 1. The van der Waals surface area contributed by atoms with Crippen molar-refractivity contribution in [2.24, 2.45) is 17.4 Å². The standard InChI is InChI=1S/C22H37N7O7/c1-3-12(2)18(29-19(32)14(24)9-17(30)31)21(34)27-15(6-4-5-7-23)20(33)28-16(22(35)36)8-13-10-25-11-26-13/h10-12,14-16,18H,3-9,23-24H2,1-2H3,(H,25,26)(H,27,34)(H,28,33)(H,29,32)(H,30,31)(H,35,36). The number of nitrogens with one attached hydrogen (secondary N) is 4. The molecule has 0 spiro atoms. The molecule has 0 bridgehead atoms. The molecular formula is C22H37N7O7. The zero-order chi connectivity index (χ0) is 27.3. The maximum Gasteiger partial charge on any atom is 0.326 e. The maximum absolute atomic E-state index is 13.1. The summed E-state index contributed by atoms with van der Waals surface area (Å²) in [6, 6.07) is -4.81. The van der Waals surface area contributed by atoms with E-state index in [1.807, 2.05) is 0 Å². The van der Waals surface area contributed by atoms with Crippen LogP contribution in [0, 0.1) is 5.92 Å². The Bertz CT molecular complexity index is 878. The van der Waals surface area contributed by atoms with Gasteiger partial charge in [-0.15, -0.1) is 0 Å². The van der Waals surface area contributed by atoms with E-state index in [0.29, 0.717) is 31.5 Å². The van der Waals surface area contributed by atoms with Crippen LogP contribution in [0.1, 0.15) is 51.6 Å². The highest BCUT2D eigenvalue weighted by molar-refractivity contribution is 5.94. The molecule has 5 unspecified atom stereocenters. The van der Waals surface area contributed by atoms with Gasteiger partial charge in [0, 0.05) is 18.3 Å². The molecule has 0 radical (unpaired) electrons. The molecule has 0 saturated heterocycles. The molecule has 0 saturated carbocycles. The fourth-order valence-corrected chi connectivity index (χ4v) is 3.35. The molecule has 1 aromatic heterocycles. The number of aromatic nitrogens is 2. The number of hydrogen-bond acceptors (Lipinski definition) is 8. The highest BCUT2D eigenvalue weighted by Crippen LogP contribution is 2.11. The summed E-state index contributed by atoms with van der Waals surface area (Å²) in [5, 5.41) is 25.9. The Morgan fingerprint density at radius 2 is 1.69 bits per heavy atom. The SMILES string of the molecule is CCC(C)C(NC(=O)C(N)CC(=O)O)C(=O)NC(CCCCN)C(=O)NC(Cc1cnc[nH]1)C(=O)O. The number of carbonyl (C=O) groups is 5. The Labute approximate surface area is 209 Å². The van der Waals surface area contributed by atoms with Gasteiger partial charge in [-0.2, -0.15) is 0 Å². The van der Waals surface area contributed by atoms with Crippen molar-refractivity contribution in [1.82, 2.24) is 25.9 Å². The largest absolute Gasteiger partial charge is 0.481 e. The number of carbonyl (C=O) groups excluding carboxylic acids is 3. The highest BCUT2D eigenvalue weighted by atomic mass is 16.4. The Kier molecular flexibility index (Phi) is 13.1. The third kappa shape index (κ3) is 10.4. The van der Waals surface area contributed by atoms with Gasteiger partial charge in [0.1, 0.15) is 18.1 Å². The van der Waals surface area contributed by atoms with Crippen molar-refractivity contribution in [2.45, 2.75) is 76.5 Å². The number of imidazole rings is 1. The lowest BCUT2D eigenvalue weighted by molar-refractivity contribution is -0.142. The van der Waals surface area contributed by atoms with E-state index in [1.54, 1.807) is 13.8 Å². The summed E-state index contributed by atoms with van der Waals surface area (Å²) in [5.41, 5.74) is 11.7. The zero-order valence-electron chi connectivity index (χ0n) is 20.5. The molecule has 3 amide bonds. The molecule has 14 nitrogen and oxygen atoms in total. The number of aromatic amines is 1. The third-order valence-electron chi connectivity index (χ3n) is 5.70. The predicted molar refractivity (Wildman–Crippen MR) is 128 cm³/mol. The van der Waals surface area contributed by atoms with Crippen molar-refractivity contribution in [3.8, 4) is 0 Å². The highest BCUT2D eigenvalue weighted by Gasteiger charge is 2.32. The molecule has 0 aromatic carbocycles. The maximum atomic E-state index is 13.1. The van der Waals surface area contributed by atoms with Gasteiger partial charge in [0.15, 0.2) is 0 Å². The van der Waals surface area contributed by atoms with E-state index >= 15 is 0 Å². The smallest absolute Gasteiger partial charge is 0.326 e. The summed E-state index contributed by atoms with van der Waals surface area (Å²) < 4.78 is 0. The number of rotatable bonds is 17. The summed E-state index contributed by atoms with van der Waals surface area (Å²) in [7, 11) is 0. The molecule has 1 heterocycles. The van der Waals surface area contributed by atoms with Crippen LogP contribution in [-0.4, -0.2) is 80.6 Å². The first-order chi connectivity index (χ1) is 17.0. The number of nitrogens with zero attached hydrogens (tertiary/aromatic N) is 1. The molecule has 0 aliphatic rings. The molecule has 5 atom stereocenters. The van der Waals surface area contributed by atoms with Crippen LogP contribution in [0.25, 0.3) is 0 Å². The number of aliphatic carboxylic acids is 2. The lowest BCUT2D eigenvalue weighted by atomic mass is 9.96. The number of hydrogen-bond donors (Lipinski definition) is 8. The number of carboxylic acid groups (broad SMARTS) is 2. The van der Waals surface area contributed by atoms with E-state index in [2.05, 4.69) is 25.9 Å². The molecule has 36 heavy (non-hydrogen) atoms. The van der Waals surface area contributed by atoms with Gasteiger partial charge >= 0.3 is 11.9 Å². The van der Waals surface area contributed by atoms with Crippen LogP contribution in [0.5, 0.6) is 0 Å². The van der Waals surface area contributed by atoms with Crippen LogP contribution in [0.2, 0.25) is 0 Å². The van der Waals surface area contributed by atoms with Gasteiger partial charge in [0.25, 0.3) is 0 Å². The van der Waals surface area contributed by atoms with E-state index in [0.717, 1.165) is 0 Å². The zero-order valence-corrected chi connectivity index (χ0v) is 20.5. The molecular weight excluding hydrogens is 474 g/mol. The average molecular weight is 512 g/mol. The van der Waals surface area contributed by atoms with E-state index in [-0.39, 0.29) is 18.8 Å². The van der Waals surface area contributed by atoms with E-state index in [1.165, 1.54) is 12.5 Å². The first-order valence-electron chi connectivity index (χ1n) is 11.8. The van der Waals surface area contributed by atoms with Crippen LogP contribution >= 0.6 is 0 Å². The Morgan fingerprint density at radius 1 is 1.03 bits per heavy atom. The summed E-state index contributed by atoms with van der Waals surface area (Å²) in [5.74, 6) is -5.08. The van der Waals surface area contributed by atoms with Gasteiger partial charge in [-0.05, 0) is 31.7 Å². The molecule has 1 aromatic rings. The molecule has 202 valence electrons. The van der Waals surface area contributed by atoms with Crippen LogP contribution in [-0.2, 0) is 30.4 Å². The van der Waals surface area contributed by atoms with Crippen molar-refractivity contribution in [3.63, 3.8) is 0 Å². The second-order valence-corrected chi connectivity index (χ2v) is 8.60. The minimum atomic E-state index is -1.36. The topological polar surface area (TPSA) is 243 Å². The van der Waals surface area contributed by atoms with Gasteiger partial charge in [-0.25, -0.2) is 9.78 Å². The molecule has 0 fully saturated rings. The Balaban J connectivity index is 3.01. The molecule has 14 heteroatoms. The summed E-state index contributed by atoms with van der Waals surface area (Å²) in [4.78, 5) is 67.7. The van der Waals surface area contributed by atoms with Crippen LogP contribution < -0.4 is 27.4 Å². The molecule has 0 aliphatic carbocycles. The first-order valence-corrected chi connectivity index (χ1v) is 11.8. The number of carboxylic acids is 2. The average Bonchev–Trinajstić information content (AvgIpc) is 3.33. The van der Waals surface area contributed by atoms with E-state index < -0.39 is 60.2 Å². The fraction of sp³-hybridized carbons (Fsp3) is 0.636. The van der Waals surface area contributed by atoms with Crippen molar-refractivity contribution in [2.75, 3.05) is 6.54 Å². The first kappa shape index (κ1) is 30.5. The van der Waals surface area contributed by atoms with Crippen molar-refractivity contribution >= 4 is 29.7 Å². The number of unbranched alkanes of at least 4 members (excludes halogenated alkanes) is 1. The third-order valence-corrected chi connectivity index (χ3v) is 5.70. The molecule has 0 aliphatic heterocycles. The lowest BCUT2D eigenvalue weighted by Gasteiger charge is -2.28. The van der Waals surface area contributed by atoms with Crippen LogP contribution in [0.15, 0.2) is 12.5 Å². The lowest BCUT2D eigenvalue weighted by Crippen LogP contribution is -2.58. The van der Waals surface area contributed by atoms with Gasteiger partial charge in [0.2, 0.25) is 17.7 Å². The van der Waals surface area contributed by atoms with Gasteiger partial charge in [-0.3, -0.25) is 19.2 Å². The number of nitrogens with two attached hydrogens (primary N) is 2. The summed E-state index contributed by atoms with van der Waals surface area (Å²) >= 11 is 0. The van der Waals surface area contributed by atoms with E-state index in [4.69, 9.17) is 16.6 Å². The predicted octanol–water partition coefficient (Wildman–Crippen LogP) is -1.53. The monoisotopic (exact) mass is 511 g/mol. The number of amides is 3. The quantitative estimate of drug-likeness (QED) is 0.112. The molecule has 10 N–H and O–H groups in total. The second-order valence-electron chi connectivity index (χ2n) is 8.60. The second kappa shape index (κ2) is 15.5. The van der Waals surface area contributed by atoms with Crippen molar-refractivity contribution < 1.29 is 34.2 Å². The summed E-state index contributed by atoms with van der Waals surface area (Å²) in [6.45, 7) is 3.88. The minimum Gasteiger partial charge on any atom is -0.481 e. The van der Waals surface area contributed by atoms with Gasteiger partial charge in [-0.1, -0.05) is 20.3 Å². The Hall–Kier alpha value is -3.52. The van der Waals surface area contributed by atoms with Crippen molar-refractivity contribution in [3.05, 3.63) is 18.2 Å². The van der Waals surface area contributed by atoms with Gasteiger partial charge in [0.05, 0.1) is 18.8 Å². The molecule has 1 rings (SSSR count). The van der Waals surface area contributed by atoms with Gasteiger partial charge < -0.3 is 42.6 Å². The fourth-order valence-electron chi connectivity index (χ4n) is 3.35.